The fourth-order valence-corrected chi connectivity index (χ4v) is 2.54. The first kappa shape index (κ1) is 14.6. The second-order valence-electron chi connectivity index (χ2n) is 5.25. The van der Waals surface area contributed by atoms with Gasteiger partial charge in [0.2, 0.25) is 0 Å². The Labute approximate surface area is 119 Å². The number of benzene rings is 1. The standard InChI is InChI=1S/C14H22N4O2/c1-11(17-5-3-4-6-17)10-16-13-7-12(15-2)8-14(9-13)18(19)20/h7-9,11,15-16H,3-6,10H2,1-2H3. The van der Waals surface area contributed by atoms with Crippen LogP contribution in [0.5, 0.6) is 0 Å². The summed E-state index contributed by atoms with van der Waals surface area (Å²) in [6.07, 6.45) is 2.54. The molecular formula is C14H22N4O2. The lowest BCUT2D eigenvalue weighted by Gasteiger charge is -2.24. The summed E-state index contributed by atoms with van der Waals surface area (Å²) in [6.45, 7) is 5.29. The van der Waals surface area contributed by atoms with E-state index >= 15 is 0 Å². The van der Waals surface area contributed by atoms with Crippen molar-refractivity contribution in [2.45, 2.75) is 25.8 Å². The van der Waals surface area contributed by atoms with E-state index in [1.54, 1.807) is 13.1 Å². The molecule has 1 fully saturated rings. The molecule has 0 aromatic heterocycles. The van der Waals surface area contributed by atoms with Crippen LogP contribution in [0.3, 0.4) is 0 Å². The van der Waals surface area contributed by atoms with Crippen molar-refractivity contribution >= 4 is 17.1 Å². The van der Waals surface area contributed by atoms with E-state index in [0.29, 0.717) is 6.04 Å². The number of rotatable bonds is 6. The van der Waals surface area contributed by atoms with Crippen LogP contribution >= 0.6 is 0 Å². The van der Waals surface area contributed by atoms with Gasteiger partial charge in [-0.1, -0.05) is 0 Å². The third kappa shape index (κ3) is 3.60. The Balaban J connectivity index is 2.00. The van der Waals surface area contributed by atoms with E-state index in [9.17, 15) is 10.1 Å². The molecule has 1 unspecified atom stereocenters. The summed E-state index contributed by atoms with van der Waals surface area (Å²) in [6, 6.07) is 5.45. The Morgan fingerprint density at radius 3 is 2.55 bits per heavy atom. The molecule has 1 atom stereocenters. The van der Waals surface area contributed by atoms with Crippen molar-refractivity contribution in [1.82, 2.24) is 4.90 Å². The molecule has 2 N–H and O–H groups in total. The number of likely N-dealkylation sites (tertiary alicyclic amines) is 1. The topological polar surface area (TPSA) is 70.4 Å². The lowest BCUT2D eigenvalue weighted by molar-refractivity contribution is -0.384. The number of nitro benzene ring substituents is 1. The van der Waals surface area contributed by atoms with Crippen molar-refractivity contribution in [3.63, 3.8) is 0 Å². The Bertz CT molecular complexity index is 472. The van der Waals surface area contributed by atoms with Crippen LogP contribution in [0.1, 0.15) is 19.8 Å². The van der Waals surface area contributed by atoms with Crippen molar-refractivity contribution in [2.24, 2.45) is 0 Å². The highest BCUT2D eigenvalue weighted by Crippen LogP contribution is 2.24. The van der Waals surface area contributed by atoms with E-state index in [1.165, 1.54) is 18.9 Å². The highest BCUT2D eigenvalue weighted by molar-refractivity contribution is 5.63. The maximum Gasteiger partial charge on any atom is 0.273 e. The number of nitrogens with one attached hydrogen (secondary N) is 2. The van der Waals surface area contributed by atoms with Gasteiger partial charge in [-0.3, -0.25) is 15.0 Å². The van der Waals surface area contributed by atoms with Crippen LogP contribution in [0.15, 0.2) is 18.2 Å². The summed E-state index contributed by atoms with van der Waals surface area (Å²) in [5.74, 6) is 0. The van der Waals surface area contributed by atoms with Crippen molar-refractivity contribution in [3.8, 4) is 0 Å². The molecule has 0 saturated carbocycles. The van der Waals surface area contributed by atoms with Gasteiger partial charge in [-0.25, -0.2) is 0 Å². The van der Waals surface area contributed by atoms with Crippen molar-refractivity contribution in [1.29, 1.82) is 0 Å². The quantitative estimate of drug-likeness (QED) is 0.618. The maximum atomic E-state index is 10.9. The first-order chi connectivity index (χ1) is 9.60. The van der Waals surface area contributed by atoms with E-state index in [-0.39, 0.29) is 10.6 Å². The van der Waals surface area contributed by atoms with Gasteiger partial charge < -0.3 is 10.6 Å². The van der Waals surface area contributed by atoms with E-state index in [4.69, 9.17) is 0 Å². The van der Waals surface area contributed by atoms with Crippen molar-refractivity contribution < 1.29 is 4.92 Å². The van der Waals surface area contributed by atoms with E-state index < -0.39 is 0 Å². The predicted octanol–water partition coefficient (Wildman–Crippen LogP) is 2.53. The number of nitro groups is 1. The SMILES string of the molecule is CNc1cc(NCC(C)N2CCCC2)cc([N+](=O)[O-])c1. The lowest BCUT2D eigenvalue weighted by Crippen LogP contribution is -2.35. The maximum absolute atomic E-state index is 10.9. The Kier molecular flexibility index (Phi) is 4.79. The summed E-state index contributed by atoms with van der Waals surface area (Å²) in [7, 11) is 1.76. The molecule has 1 aliphatic rings. The largest absolute Gasteiger partial charge is 0.388 e. The minimum Gasteiger partial charge on any atom is -0.388 e. The molecule has 0 radical (unpaired) electrons. The smallest absolute Gasteiger partial charge is 0.273 e. The molecule has 1 aliphatic heterocycles. The second kappa shape index (κ2) is 6.56. The van der Waals surface area contributed by atoms with Gasteiger partial charge in [-0.05, 0) is 38.9 Å². The number of nitrogens with zero attached hydrogens (tertiary/aromatic N) is 2. The van der Waals surface area contributed by atoms with Gasteiger partial charge in [-0.15, -0.1) is 0 Å². The van der Waals surface area contributed by atoms with Crippen LogP contribution in [-0.4, -0.2) is 42.5 Å². The van der Waals surface area contributed by atoms with Crippen molar-refractivity contribution in [3.05, 3.63) is 28.3 Å². The summed E-state index contributed by atoms with van der Waals surface area (Å²) >= 11 is 0. The first-order valence-corrected chi connectivity index (χ1v) is 7.05. The van der Waals surface area contributed by atoms with Gasteiger partial charge in [0.1, 0.15) is 0 Å². The van der Waals surface area contributed by atoms with Crippen LogP contribution in [0.25, 0.3) is 0 Å². The first-order valence-electron chi connectivity index (χ1n) is 7.05. The monoisotopic (exact) mass is 278 g/mol. The molecule has 0 spiro atoms. The van der Waals surface area contributed by atoms with Crippen LogP contribution < -0.4 is 10.6 Å². The van der Waals surface area contributed by atoms with Crippen LogP contribution in [0, 0.1) is 10.1 Å². The molecule has 1 heterocycles. The third-order valence-corrected chi connectivity index (χ3v) is 3.78. The van der Waals surface area contributed by atoms with E-state index in [0.717, 1.165) is 31.0 Å². The minimum atomic E-state index is -0.365. The Morgan fingerprint density at radius 2 is 1.95 bits per heavy atom. The molecule has 20 heavy (non-hydrogen) atoms. The lowest BCUT2D eigenvalue weighted by atomic mass is 10.2. The fourth-order valence-electron chi connectivity index (χ4n) is 2.54. The number of anilines is 2. The molecule has 1 aromatic rings. The van der Waals surface area contributed by atoms with Gasteiger partial charge in [0.25, 0.3) is 5.69 Å². The fraction of sp³-hybridized carbons (Fsp3) is 0.571. The van der Waals surface area contributed by atoms with Crippen LogP contribution in [0.2, 0.25) is 0 Å². The molecule has 2 rings (SSSR count). The molecule has 0 bridgehead atoms. The summed E-state index contributed by atoms with van der Waals surface area (Å²) < 4.78 is 0. The zero-order valence-electron chi connectivity index (χ0n) is 12.1. The van der Waals surface area contributed by atoms with Crippen LogP contribution in [-0.2, 0) is 0 Å². The van der Waals surface area contributed by atoms with E-state index in [1.807, 2.05) is 6.07 Å². The minimum absolute atomic E-state index is 0.105. The number of hydrogen-bond acceptors (Lipinski definition) is 5. The molecule has 6 nitrogen and oxygen atoms in total. The zero-order valence-corrected chi connectivity index (χ0v) is 12.1. The normalized spacial score (nSPS) is 16.9. The molecule has 1 aromatic carbocycles. The van der Waals surface area contributed by atoms with Gasteiger partial charge in [0.15, 0.2) is 0 Å². The highest BCUT2D eigenvalue weighted by atomic mass is 16.6. The van der Waals surface area contributed by atoms with Gasteiger partial charge in [0.05, 0.1) is 4.92 Å². The third-order valence-electron chi connectivity index (χ3n) is 3.78. The predicted molar refractivity (Wildman–Crippen MR) is 81.4 cm³/mol. The Hall–Kier alpha value is -1.82. The highest BCUT2D eigenvalue weighted by Gasteiger charge is 2.18. The van der Waals surface area contributed by atoms with Crippen molar-refractivity contribution in [2.75, 3.05) is 37.3 Å². The molecule has 0 aliphatic carbocycles. The van der Waals surface area contributed by atoms with Gasteiger partial charge in [0, 0.05) is 43.1 Å². The van der Waals surface area contributed by atoms with Crippen LogP contribution in [0.4, 0.5) is 17.1 Å². The van der Waals surface area contributed by atoms with E-state index in [2.05, 4.69) is 22.5 Å². The molecular weight excluding hydrogens is 256 g/mol. The average molecular weight is 278 g/mol. The molecule has 110 valence electrons. The zero-order chi connectivity index (χ0) is 14.5. The summed E-state index contributed by atoms with van der Waals surface area (Å²) in [4.78, 5) is 13.0. The average Bonchev–Trinajstić information content (AvgIpc) is 2.98. The van der Waals surface area contributed by atoms with Gasteiger partial charge >= 0.3 is 0 Å². The van der Waals surface area contributed by atoms with Gasteiger partial charge in [-0.2, -0.15) is 0 Å². The second-order valence-corrected chi connectivity index (χ2v) is 5.25. The molecule has 0 amide bonds. The summed E-state index contributed by atoms with van der Waals surface area (Å²) in [5.41, 5.74) is 1.64. The summed E-state index contributed by atoms with van der Waals surface area (Å²) in [5, 5.41) is 17.2. The number of hydrogen-bond donors (Lipinski definition) is 2. The molecule has 1 saturated heterocycles. The number of non-ortho nitro benzene ring substituents is 1. The molecule has 6 heteroatoms. The Morgan fingerprint density at radius 1 is 1.30 bits per heavy atom.